The molecule has 25 heavy (non-hydrogen) atoms. The molecule has 4 rings (SSSR count). The van der Waals surface area contributed by atoms with Crippen molar-refractivity contribution in [2.75, 3.05) is 21.3 Å². The number of anilines is 2. The molecule has 0 spiro atoms. The lowest BCUT2D eigenvalue weighted by molar-refractivity contribution is 0.255. The third kappa shape index (κ3) is 2.75. The molecule has 2 atom stereocenters. The maximum Gasteiger partial charge on any atom is 0.329 e. The summed E-state index contributed by atoms with van der Waals surface area (Å²) < 4.78 is 25.4. The molecule has 0 aromatic heterocycles. The molecule has 2 fully saturated rings. The molecule has 2 amide bonds. The van der Waals surface area contributed by atoms with Crippen molar-refractivity contribution in [3.63, 3.8) is 0 Å². The highest BCUT2D eigenvalue weighted by Crippen LogP contribution is 2.39. The van der Waals surface area contributed by atoms with Gasteiger partial charge in [-0.2, -0.15) is 0 Å². The van der Waals surface area contributed by atoms with E-state index >= 15 is 0 Å². The van der Waals surface area contributed by atoms with Crippen LogP contribution in [0.3, 0.4) is 0 Å². The van der Waals surface area contributed by atoms with Crippen LogP contribution < -0.4 is 9.80 Å². The first-order chi connectivity index (χ1) is 11.9. The molecule has 2 aliphatic rings. The standard InChI is InChI=1S/C18H17BrN2O3S/c1-12-5-2-3-8-15(12)21-17-11-25(23,24)10-16(17)20(18(21)22)14-7-4-6-13(19)9-14/h2-9,16-17H,10-11H2,1H3/t16-,17-/m1/s1. The number of urea groups is 1. The number of nitrogens with zero attached hydrogens (tertiary/aromatic N) is 2. The number of hydrogen-bond donors (Lipinski definition) is 0. The third-order valence-corrected chi connectivity index (χ3v) is 7.02. The Bertz CT molecular complexity index is 960. The van der Waals surface area contributed by atoms with Crippen LogP contribution in [0.1, 0.15) is 5.56 Å². The Labute approximate surface area is 155 Å². The number of amides is 2. The van der Waals surface area contributed by atoms with Crippen molar-refractivity contribution in [3.8, 4) is 0 Å². The highest BCUT2D eigenvalue weighted by molar-refractivity contribution is 9.10. The molecule has 5 nitrogen and oxygen atoms in total. The summed E-state index contributed by atoms with van der Waals surface area (Å²) in [6, 6.07) is 14.1. The van der Waals surface area contributed by atoms with Gasteiger partial charge in [0.15, 0.2) is 9.84 Å². The fourth-order valence-electron chi connectivity index (χ4n) is 3.75. The largest absolute Gasteiger partial charge is 0.329 e. The fourth-order valence-corrected chi connectivity index (χ4v) is 6.05. The SMILES string of the molecule is Cc1ccccc1N1C(=O)N(c2cccc(Br)c2)[C@@H]2CS(=O)(=O)C[C@H]21. The Kier molecular flexibility index (Phi) is 3.88. The second kappa shape index (κ2) is 5.85. The third-order valence-electron chi connectivity index (χ3n) is 4.83. The van der Waals surface area contributed by atoms with Crippen molar-refractivity contribution in [3.05, 3.63) is 58.6 Å². The number of hydrogen-bond acceptors (Lipinski definition) is 3. The number of aryl methyl sites for hydroxylation is 1. The predicted octanol–water partition coefficient (Wildman–Crippen LogP) is 3.37. The van der Waals surface area contributed by atoms with Gasteiger partial charge in [0.1, 0.15) is 0 Å². The predicted molar refractivity (Wildman–Crippen MR) is 102 cm³/mol. The van der Waals surface area contributed by atoms with Gasteiger partial charge in [-0.3, -0.25) is 9.80 Å². The zero-order valence-electron chi connectivity index (χ0n) is 13.6. The van der Waals surface area contributed by atoms with E-state index in [1.807, 2.05) is 55.5 Å². The van der Waals surface area contributed by atoms with Gasteiger partial charge in [-0.05, 0) is 36.8 Å². The zero-order chi connectivity index (χ0) is 17.8. The summed E-state index contributed by atoms with van der Waals surface area (Å²) in [7, 11) is -3.18. The van der Waals surface area contributed by atoms with Gasteiger partial charge in [0.05, 0.1) is 23.6 Å². The van der Waals surface area contributed by atoms with Crippen molar-refractivity contribution in [2.24, 2.45) is 0 Å². The van der Waals surface area contributed by atoms with E-state index in [0.29, 0.717) is 5.69 Å². The Hall–Kier alpha value is -1.86. The molecule has 0 radical (unpaired) electrons. The Morgan fingerprint density at radius 3 is 2.36 bits per heavy atom. The van der Waals surface area contributed by atoms with E-state index in [4.69, 9.17) is 0 Å². The summed E-state index contributed by atoms with van der Waals surface area (Å²) in [5.41, 5.74) is 2.44. The van der Waals surface area contributed by atoms with E-state index in [1.54, 1.807) is 9.80 Å². The molecule has 0 saturated carbocycles. The molecule has 0 bridgehead atoms. The maximum atomic E-state index is 13.2. The molecule has 130 valence electrons. The summed E-state index contributed by atoms with van der Waals surface area (Å²) in [5, 5.41) is 0. The fraction of sp³-hybridized carbons (Fsp3) is 0.278. The van der Waals surface area contributed by atoms with Crippen molar-refractivity contribution < 1.29 is 13.2 Å². The minimum atomic E-state index is -3.18. The quantitative estimate of drug-likeness (QED) is 0.699. The van der Waals surface area contributed by atoms with E-state index < -0.39 is 9.84 Å². The number of benzene rings is 2. The normalized spacial score (nSPS) is 24.6. The summed E-state index contributed by atoms with van der Waals surface area (Å²) in [5.74, 6) is 0.000541. The minimum absolute atomic E-state index is 0.00169. The highest BCUT2D eigenvalue weighted by atomic mass is 79.9. The van der Waals surface area contributed by atoms with Crippen LogP contribution in [0.4, 0.5) is 16.2 Å². The van der Waals surface area contributed by atoms with Gasteiger partial charge in [0, 0.05) is 15.8 Å². The number of carbonyl (C=O) groups is 1. The summed E-state index contributed by atoms with van der Waals surface area (Å²) >= 11 is 3.43. The van der Waals surface area contributed by atoms with Gasteiger partial charge in [0.2, 0.25) is 0 Å². The van der Waals surface area contributed by atoms with E-state index in [-0.39, 0.29) is 29.6 Å². The Morgan fingerprint density at radius 1 is 1.00 bits per heavy atom. The summed E-state index contributed by atoms with van der Waals surface area (Å²) in [6.07, 6.45) is 0. The highest BCUT2D eigenvalue weighted by Gasteiger charge is 2.54. The monoisotopic (exact) mass is 420 g/mol. The van der Waals surface area contributed by atoms with Gasteiger partial charge >= 0.3 is 6.03 Å². The molecule has 0 unspecified atom stereocenters. The lowest BCUT2D eigenvalue weighted by Gasteiger charge is -2.24. The molecule has 2 heterocycles. The number of sulfone groups is 1. The average Bonchev–Trinajstić information content (AvgIpc) is 2.97. The van der Waals surface area contributed by atoms with E-state index in [2.05, 4.69) is 15.9 Å². The summed E-state index contributed by atoms with van der Waals surface area (Å²) in [4.78, 5) is 16.5. The van der Waals surface area contributed by atoms with Crippen LogP contribution in [-0.4, -0.2) is 38.0 Å². The number of fused-ring (bicyclic) bond motifs is 1. The molecule has 7 heteroatoms. The number of carbonyl (C=O) groups excluding carboxylic acids is 1. The van der Waals surface area contributed by atoms with Gasteiger partial charge in [-0.15, -0.1) is 0 Å². The lowest BCUT2D eigenvalue weighted by Crippen LogP contribution is -2.38. The van der Waals surface area contributed by atoms with E-state index in [0.717, 1.165) is 15.7 Å². The topological polar surface area (TPSA) is 57.7 Å². The van der Waals surface area contributed by atoms with Crippen LogP contribution >= 0.6 is 15.9 Å². The number of halogens is 1. The second-order valence-corrected chi connectivity index (χ2v) is 9.57. The first-order valence-corrected chi connectivity index (χ1v) is 10.6. The molecular weight excluding hydrogens is 404 g/mol. The van der Waals surface area contributed by atoms with E-state index in [9.17, 15) is 13.2 Å². The Balaban J connectivity index is 1.84. The maximum absolute atomic E-state index is 13.2. The van der Waals surface area contributed by atoms with Crippen molar-refractivity contribution in [2.45, 2.75) is 19.0 Å². The van der Waals surface area contributed by atoms with Crippen LogP contribution in [0, 0.1) is 6.92 Å². The van der Waals surface area contributed by atoms with Crippen LogP contribution in [0.5, 0.6) is 0 Å². The van der Waals surface area contributed by atoms with Gasteiger partial charge in [-0.1, -0.05) is 40.2 Å². The average molecular weight is 421 g/mol. The van der Waals surface area contributed by atoms with Crippen molar-refractivity contribution >= 4 is 43.2 Å². The van der Waals surface area contributed by atoms with E-state index in [1.165, 1.54) is 0 Å². The van der Waals surface area contributed by atoms with Gasteiger partial charge in [-0.25, -0.2) is 13.2 Å². The molecular formula is C18H17BrN2O3S. The number of para-hydroxylation sites is 1. The first kappa shape index (κ1) is 16.6. The number of rotatable bonds is 2. The van der Waals surface area contributed by atoms with Crippen LogP contribution in [0.2, 0.25) is 0 Å². The van der Waals surface area contributed by atoms with Crippen LogP contribution in [0.25, 0.3) is 0 Å². The van der Waals surface area contributed by atoms with Crippen LogP contribution in [-0.2, 0) is 9.84 Å². The molecule has 0 aliphatic carbocycles. The summed E-state index contributed by atoms with van der Waals surface area (Å²) in [6.45, 7) is 1.93. The minimum Gasteiger partial charge on any atom is -0.288 e. The van der Waals surface area contributed by atoms with Crippen molar-refractivity contribution in [1.82, 2.24) is 0 Å². The van der Waals surface area contributed by atoms with Crippen LogP contribution in [0.15, 0.2) is 53.0 Å². The molecule has 0 N–H and O–H groups in total. The molecule has 2 aromatic rings. The first-order valence-electron chi connectivity index (χ1n) is 8.01. The molecule has 2 saturated heterocycles. The lowest BCUT2D eigenvalue weighted by atomic mass is 10.1. The molecule has 2 aromatic carbocycles. The smallest absolute Gasteiger partial charge is 0.288 e. The van der Waals surface area contributed by atoms with Gasteiger partial charge in [0.25, 0.3) is 0 Å². The van der Waals surface area contributed by atoms with Crippen molar-refractivity contribution in [1.29, 1.82) is 0 Å². The molecule has 2 aliphatic heterocycles. The zero-order valence-corrected chi connectivity index (χ0v) is 16.0. The Morgan fingerprint density at radius 2 is 1.68 bits per heavy atom. The second-order valence-electron chi connectivity index (χ2n) is 6.50. The van der Waals surface area contributed by atoms with Gasteiger partial charge < -0.3 is 0 Å².